The van der Waals surface area contributed by atoms with E-state index in [9.17, 15) is 4.79 Å². The van der Waals surface area contributed by atoms with Crippen molar-refractivity contribution in [3.8, 4) is 0 Å². The van der Waals surface area contributed by atoms with Crippen LogP contribution in [0.5, 0.6) is 0 Å². The van der Waals surface area contributed by atoms with E-state index in [1.807, 2.05) is 12.1 Å². The lowest BCUT2D eigenvalue weighted by atomic mass is 9.85. The number of benzene rings is 1. The Morgan fingerprint density at radius 1 is 1.00 bits per heavy atom. The average molecular weight is 366 g/mol. The van der Waals surface area contributed by atoms with Crippen molar-refractivity contribution in [1.29, 1.82) is 0 Å². The first kappa shape index (κ1) is 19.0. The third kappa shape index (κ3) is 4.70. The molecule has 0 aliphatic rings. The second-order valence-corrected chi connectivity index (χ2v) is 7.56. The predicted octanol–water partition coefficient (Wildman–Crippen LogP) is 5.78. The minimum absolute atomic E-state index is 0.000735. The van der Waals surface area contributed by atoms with Gasteiger partial charge >= 0.3 is 5.97 Å². The van der Waals surface area contributed by atoms with Gasteiger partial charge in [0.25, 0.3) is 0 Å². The van der Waals surface area contributed by atoms with Gasteiger partial charge in [-0.2, -0.15) is 0 Å². The monoisotopic (exact) mass is 366 g/mol. The van der Waals surface area contributed by atoms with Crippen molar-refractivity contribution in [1.82, 2.24) is 0 Å². The fourth-order valence-corrected chi connectivity index (χ4v) is 3.63. The Labute approximate surface area is 159 Å². The van der Waals surface area contributed by atoms with Gasteiger partial charge in [-0.25, -0.2) is 4.79 Å². The molecule has 0 radical (unpaired) electrons. The SMILES string of the molecule is CC(Cc1ccc(C(c2ccco2)C(C)C)cc1)Cc1ccc(C(=O)O)o1. The van der Waals surface area contributed by atoms with Crippen molar-refractivity contribution in [2.75, 3.05) is 0 Å². The van der Waals surface area contributed by atoms with Crippen molar-refractivity contribution in [2.24, 2.45) is 11.8 Å². The van der Waals surface area contributed by atoms with Crippen molar-refractivity contribution in [2.45, 2.75) is 39.5 Å². The Morgan fingerprint density at radius 3 is 2.30 bits per heavy atom. The molecule has 2 atom stereocenters. The quantitative estimate of drug-likeness (QED) is 0.549. The van der Waals surface area contributed by atoms with Gasteiger partial charge in [0.2, 0.25) is 5.76 Å². The van der Waals surface area contributed by atoms with Gasteiger partial charge in [-0.15, -0.1) is 0 Å². The van der Waals surface area contributed by atoms with Crippen LogP contribution in [0.1, 0.15) is 59.9 Å². The van der Waals surface area contributed by atoms with E-state index in [-0.39, 0.29) is 11.7 Å². The summed E-state index contributed by atoms with van der Waals surface area (Å²) in [5, 5.41) is 8.95. The molecule has 2 unspecified atom stereocenters. The summed E-state index contributed by atoms with van der Waals surface area (Å²) in [6.45, 7) is 6.56. The van der Waals surface area contributed by atoms with Crippen LogP contribution in [-0.2, 0) is 12.8 Å². The zero-order valence-corrected chi connectivity index (χ0v) is 16.0. The first-order valence-corrected chi connectivity index (χ1v) is 9.38. The molecule has 3 aromatic rings. The highest BCUT2D eigenvalue weighted by molar-refractivity contribution is 5.84. The molecule has 1 aromatic carbocycles. The van der Waals surface area contributed by atoms with Crippen LogP contribution in [0.2, 0.25) is 0 Å². The molecular weight excluding hydrogens is 340 g/mol. The normalized spacial score (nSPS) is 13.6. The van der Waals surface area contributed by atoms with Crippen LogP contribution in [0.25, 0.3) is 0 Å². The molecule has 2 aromatic heterocycles. The molecule has 0 bridgehead atoms. The molecule has 2 heterocycles. The summed E-state index contributed by atoms with van der Waals surface area (Å²) >= 11 is 0. The molecule has 27 heavy (non-hydrogen) atoms. The summed E-state index contributed by atoms with van der Waals surface area (Å²) in [6, 6.07) is 16.0. The van der Waals surface area contributed by atoms with Crippen molar-refractivity contribution in [3.63, 3.8) is 0 Å². The Morgan fingerprint density at radius 2 is 1.74 bits per heavy atom. The Kier molecular flexibility index (Phi) is 5.84. The molecule has 0 aliphatic heterocycles. The number of hydrogen-bond donors (Lipinski definition) is 1. The summed E-state index contributed by atoms with van der Waals surface area (Å²) < 4.78 is 11.0. The molecule has 3 rings (SSSR count). The van der Waals surface area contributed by atoms with Crippen LogP contribution >= 0.6 is 0 Å². The highest BCUT2D eigenvalue weighted by Gasteiger charge is 2.20. The second kappa shape index (κ2) is 8.30. The van der Waals surface area contributed by atoms with Crippen LogP contribution in [0, 0.1) is 11.8 Å². The van der Waals surface area contributed by atoms with Gasteiger partial charge < -0.3 is 13.9 Å². The third-order valence-corrected chi connectivity index (χ3v) is 4.86. The van der Waals surface area contributed by atoms with Crippen molar-refractivity contribution >= 4 is 5.97 Å². The fourth-order valence-electron chi connectivity index (χ4n) is 3.63. The fraction of sp³-hybridized carbons (Fsp3) is 0.348. The van der Waals surface area contributed by atoms with Crippen LogP contribution in [0.4, 0.5) is 0 Å². The zero-order valence-electron chi connectivity index (χ0n) is 16.0. The van der Waals surface area contributed by atoms with Gasteiger partial charge in [0.05, 0.1) is 6.26 Å². The number of aromatic carboxylic acids is 1. The first-order valence-electron chi connectivity index (χ1n) is 9.38. The Hall–Kier alpha value is -2.75. The van der Waals surface area contributed by atoms with E-state index in [2.05, 4.69) is 45.0 Å². The summed E-state index contributed by atoms with van der Waals surface area (Å²) in [5.74, 6) is 1.74. The number of carbonyl (C=O) groups is 1. The molecular formula is C23H26O4. The largest absolute Gasteiger partial charge is 0.475 e. The van der Waals surface area contributed by atoms with E-state index in [1.54, 1.807) is 12.3 Å². The number of carboxylic acids is 1. The molecule has 4 nitrogen and oxygen atoms in total. The smallest absolute Gasteiger partial charge is 0.371 e. The maximum atomic E-state index is 10.9. The van der Waals surface area contributed by atoms with E-state index in [1.165, 1.54) is 17.2 Å². The van der Waals surface area contributed by atoms with E-state index in [0.717, 1.165) is 18.6 Å². The summed E-state index contributed by atoms with van der Waals surface area (Å²) in [7, 11) is 0. The van der Waals surface area contributed by atoms with Crippen LogP contribution in [-0.4, -0.2) is 11.1 Å². The Balaban J connectivity index is 1.65. The Bertz CT molecular complexity index is 856. The van der Waals surface area contributed by atoms with Crippen LogP contribution in [0.15, 0.2) is 63.6 Å². The predicted molar refractivity (Wildman–Crippen MR) is 104 cm³/mol. The highest BCUT2D eigenvalue weighted by atomic mass is 16.4. The molecule has 0 fully saturated rings. The molecule has 0 amide bonds. The van der Waals surface area contributed by atoms with Gasteiger partial charge in [0.1, 0.15) is 11.5 Å². The zero-order chi connectivity index (χ0) is 19.4. The van der Waals surface area contributed by atoms with E-state index in [0.29, 0.717) is 17.6 Å². The van der Waals surface area contributed by atoms with Gasteiger partial charge in [-0.1, -0.05) is 45.0 Å². The summed E-state index contributed by atoms with van der Waals surface area (Å²) in [5.41, 5.74) is 2.52. The number of hydrogen-bond acceptors (Lipinski definition) is 3. The summed E-state index contributed by atoms with van der Waals surface area (Å²) in [6.07, 6.45) is 3.36. The highest BCUT2D eigenvalue weighted by Crippen LogP contribution is 2.32. The van der Waals surface area contributed by atoms with Gasteiger partial charge in [-0.3, -0.25) is 0 Å². The van der Waals surface area contributed by atoms with Crippen LogP contribution in [0.3, 0.4) is 0 Å². The maximum absolute atomic E-state index is 10.9. The topological polar surface area (TPSA) is 63.6 Å². The maximum Gasteiger partial charge on any atom is 0.371 e. The molecule has 0 spiro atoms. The van der Waals surface area contributed by atoms with E-state index in [4.69, 9.17) is 13.9 Å². The minimum Gasteiger partial charge on any atom is -0.475 e. The lowest BCUT2D eigenvalue weighted by molar-refractivity contribution is 0.0660. The van der Waals surface area contributed by atoms with Crippen molar-refractivity contribution in [3.05, 3.63) is 83.2 Å². The molecule has 142 valence electrons. The van der Waals surface area contributed by atoms with Gasteiger partial charge in [0.15, 0.2) is 0 Å². The average Bonchev–Trinajstić information content (AvgIpc) is 3.28. The van der Waals surface area contributed by atoms with Gasteiger partial charge in [-0.05, 0) is 53.6 Å². The second-order valence-electron chi connectivity index (χ2n) is 7.56. The van der Waals surface area contributed by atoms with Gasteiger partial charge in [0, 0.05) is 12.3 Å². The van der Waals surface area contributed by atoms with E-state index < -0.39 is 5.97 Å². The van der Waals surface area contributed by atoms with Crippen LogP contribution < -0.4 is 0 Å². The first-order chi connectivity index (χ1) is 12.9. The lowest BCUT2D eigenvalue weighted by Gasteiger charge is -2.20. The lowest BCUT2D eigenvalue weighted by Crippen LogP contribution is -2.08. The van der Waals surface area contributed by atoms with Crippen molar-refractivity contribution < 1.29 is 18.7 Å². The third-order valence-electron chi connectivity index (χ3n) is 4.86. The molecule has 0 aliphatic carbocycles. The number of carboxylic acid groups (broad SMARTS) is 1. The number of furan rings is 2. The molecule has 0 saturated heterocycles. The van der Waals surface area contributed by atoms with E-state index >= 15 is 0 Å². The minimum atomic E-state index is -1.03. The standard InChI is InChI=1S/C23H26O4/c1-15(2)22(20-5-4-12-26-20)18-8-6-17(7-9-18)13-16(3)14-19-10-11-21(27-19)23(24)25/h4-12,15-16,22H,13-14H2,1-3H3,(H,24,25). The molecule has 4 heteroatoms. The summed E-state index contributed by atoms with van der Waals surface area (Å²) in [4.78, 5) is 10.9. The number of rotatable bonds is 8. The molecule has 0 saturated carbocycles. The molecule has 1 N–H and O–H groups in total.